The number of hydrogen-bond acceptors (Lipinski definition) is 4. The number of rotatable bonds is 5. The zero-order valence-electron chi connectivity index (χ0n) is 11.3. The summed E-state index contributed by atoms with van der Waals surface area (Å²) in [4.78, 5) is 15.0. The van der Waals surface area contributed by atoms with Crippen LogP contribution in [0.2, 0.25) is 0 Å². The normalized spacial score (nSPS) is 19.3. The van der Waals surface area contributed by atoms with Gasteiger partial charge in [-0.25, -0.2) is 0 Å². The first kappa shape index (κ1) is 14.5. The fraction of sp³-hybridized carbons (Fsp3) is 0.643. The highest BCUT2D eigenvalue weighted by Crippen LogP contribution is 2.28. The van der Waals surface area contributed by atoms with Crippen LogP contribution in [0.15, 0.2) is 17.5 Å². The van der Waals surface area contributed by atoms with E-state index >= 15 is 0 Å². The van der Waals surface area contributed by atoms with Crippen LogP contribution in [0.4, 0.5) is 0 Å². The summed E-state index contributed by atoms with van der Waals surface area (Å²) in [6.07, 6.45) is 2.44. The molecule has 1 amide bonds. The molecule has 1 unspecified atom stereocenters. The van der Waals surface area contributed by atoms with Crippen molar-refractivity contribution in [2.45, 2.75) is 25.8 Å². The van der Waals surface area contributed by atoms with Gasteiger partial charge in [0.15, 0.2) is 0 Å². The SMILES string of the molecule is CC1CCN(C(CNC(=O)CO)c2cccs2)CC1. The minimum absolute atomic E-state index is 0.239. The van der Waals surface area contributed by atoms with Crippen LogP contribution in [0, 0.1) is 5.92 Å². The Bertz CT molecular complexity index is 386. The lowest BCUT2D eigenvalue weighted by atomic mass is 9.97. The first-order chi connectivity index (χ1) is 9.20. The van der Waals surface area contributed by atoms with E-state index in [1.54, 1.807) is 11.3 Å². The van der Waals surface area contributed by atoms with Gasteiger partial charge in [0, 0.05) is 11.4 Å². The van der Waals surface area contributed by atoms with Crippen LogP contribution in [0.5, 0.6) is 0 Å². The predicted molar refractivity (Wildman–Crippen MR) is 77.1 cm³/mol. The number of likely N-dealkylation sites (tertiary alicyclic amines) is 1. The summed E-state index contributed by atoms with van der Waals surface area (Å²) in [5.41, 5.74) is 0. The summed E-state index contributed by atoms with van der Waals surface area (Å²) in [5, 5.41) is 13.7. The molecule has 1 fully saturated rings. The van der Waals surface area contributed by atoms with E-state index in [-0.39, 0.29) is 11.9 Å². The minimum atomic E-state index is -0.436. The maximum atomic E-state index is 11.2. The van der Waals surface area contributed by atoms with Gasteiger partial charge in [-0.3, -0.25) is 9.69 Å². The lowest BCUT2D eigenvalue weighted by Crippen LogP contribution is -2.42. The average molecular weight is 282 g/mol. The van der Waals surface area contributed by atoms with Crippen LogP contribution in [-0.4, -0.2) is 42.2 Å². The van der Waals surface area contributed by atoms with Gasteiger partial charge in [0.1, 0.15) is 6.61 Å². The van der Waals surface area contributed by atoms with Crippen LogP contribution in [0.25, 0.3) is 0 Å². The predicted octanol–water partition coefficient (Wildman–Crippen LogP) is 1.63. The molecular formula is C14H22N2O2S. The Balaban J connectivity index is 2.00. The standard InChI is InChI=1S/C14H22N2O2S/c1-11-4-6-16(7-5-11)12(9-15-14(18)10-17)13-3-2-8-19-13/h2-3,8,11-12,17H,4-7,9-10H2,1H3,(H,15,18). The second kappa shape index (κ2) is 7.03. The van der Waals surface area contributed by atoms with Gasteiger partial charge in [0.2, 0.25) is 5.91 Å². The topological polar surface area (TPSA) is 52.6 Å². The molecule has 0 saturated carbocycles. The van der Waals surface area contributed by atoms with Crippen LogP contribution < -0.4 is 5.32 Å². The molecule has 1 aliphatic heterocycles. The third kappa shape index (κ3) is 4.03. The number of aliphatic hydroxyl groups is 1. The molecule has 0 aliphatic carbocycles. The van der Waals surface area contributed by atoms with Crippen molar-refractivity contribution in [1.82, 2.24) is 10.2 Å². The number of piperidine rings is 1. The monoisotopic (exact) mass is 282 g/mol. The summed E-state index contributed by atoms with van der Waals surface area (Å²) in [7, 11) is 0. The van der Waals surface area contributed by atoms with Gasteiger partial charge in [-0.15, -0.1) is 11.3 Å². The van der Waals surface area contributed by atoms with Crippen molar-refractivity contribution < 1.29 is 9.90 Å². The quantitative estimate of drug-likeness (QED) is 0.863. The average Bonchev–Trinajstić information content (AvgIpc) is 2.94. The van der Waals surface area contributed by atoms with Crippen LogP contribution in [-0.2, 0) is 4.79 Å². The van der Waals surface area contributed by atoms with Gasteiger partial charge in [-0.2, -0.15) is 0 Å². The molecule has 106 valence electrons. The Morgan fingerprint density at radius 1 is 1.58 bits per heavy atom. The molecule has 1 aliphatic rings. The summed E-state index contributed by atoms with van der Waals surface area (Å²) in [6, 6.07) is 4.41. The molecule has 0 radical (unpaired) electrons. The van der Waals surface area contributed by atoms with Gasteiger partial charge in [-0.1, -0.05) is 13.0 Å². The summed E-state index contributed by atoms with van der Waals surface area (Å²) >= 11 is 1.73. The molecule has 1 aromatic rings. The Hall–Kier alpha value is -0.910. The van der Waals surface area contributed by atoms with Crippen molar-refractivity contribution >= 4 is 17.2 Å². The molecule has 0 spiro atoms. The van der Waals surface area contributed by atoms with Crippen LogP contribution in [0.1, 0.15) is 30.7 Å². The summed E-state index contributed by atoms with van der Waals surface area (Å²) in [6.45, 7) is 4.60. The van der Waals surface area contributed by atoms with Crippen molar-refractivity contribution in [3.8, 4) is 0 Å². The highest BCUT2D eigenvalue weighted by atomic mass is 32.1. The van der Waals surface area contributed by atoms with E-state index in [0.717, 1.165) is 19.0 Å². The first-order valence-electron chi connectivity index (χ1n) is 6.85. The largest absolute Gasteiger partial charge is 0.387 e. The third-order valence-corrected chi connectivity index (χ3v) is 4.74. The minimum Gasteiger partial charge on any atom is -0.387 e. The number of carbonyl (C=O) groups excluding carboxylic acids is 1. The molecule has 1 aromatic heterocycles. The van der Waals surface area contributed by atoms with E-state index in [1.807, 2.05) is 6.07 Å². The molecule has 5 heteroatoms. The maximum absolute atomic E-state index is 11.2. The summed E-state index contributed by atoms with van der Waals surface area (Å²) in [5.74, 6) is 0.499. The molecule has 2 heterocycles. The molecule has 19 heavy (non-hydrogen) atoms. The fourth-order valence-corrected chi connectivity index (χ4v) is 3.36. The van der Waals surface area contributed by atoms with Crippen molar-refractivity contribution in [3.63, 3.8) is 0 Å². The Labute approximate surface area is 118 Å². The Morgan fingerprint density at radius 2 is 2.32 bits per heavy atom. The molecule has 2 N–H and O–H groups in total. The van der Waals surface area contributed by atoms with Gasteiger partial charge in [0.05, 0.1) is 6.04 Å². The Morgan fingerprint density at radius 3 is 2.89 bits per heavy atom. The number of carbonyl (C=O) groups is 1. The molecule has 1 saturated heterocycles. The number of thiophene rings is 1. The zero-order chi connectivity index (χ0) is 13.7. The number of nitrogens with zero attached hydrogens (tertiary/aromatic N) is 1. The Kier molecular flexibility index (Phi) is 5.36. The fourth-order valence-electron chi connectivity index (χ4n) is 2.50. The van der Waals surface area contributed by atoms with E-state index in [0.29, 0.717) is 6.54 Å². The van der Waals surface area contributed by atoms with Crippen LogP contribution in [0.3, 0.4) is 0 Å². The van der Waals surface area contributed by atoms with Crippen molar-refractivity contribution in [1.29, 1.82) is 0 Å². The van der Waals surface area contributed by atoms with Crippen molar-refractivity contribution in [3.05, 3.63) is 22.4 Å². The second-order valence-corrected chi connectivity index (χ2v) is 6.19. The maximum Gasteiger partial charge on any atom is 0.245 e. The molecule has 0 aromatic carbocycles. The van der Waals surface area contributed by atoms with Gasteiger partial charge >= 0.3 is 0 Å². The third-order valence-electron chi connectivity index (χ3n) is 3.77. The molecule has 1 atom stereocenters. The van der Waals surface area contributed by atoms with Gasteiger partial charge in [-0.05, 0) is 43.3 Å². The second-order valence-electron chi connectivity index (χ2n) is 5.21. The number of nitrogens with one attached hydrogen (secondary N) is 1. The lowest BCUT2D eigenvalue weighted by Gasteiger charge is -2.36. The van der Waals surface area contributed by atoms with E-state index in [9.17, 15) is 4.79 Å². The molecule has 0 bridgehead atoms. The lowest BCUT2D eigenvalue weighted by molar-refractivity contribution is -0.124. The zero-order valence-corrected chi connectivity index (χ0v) is 12.2. The number of amides is 1. The molecule has 4 nitrogen and oxygen atoms in total. The first-order valence-corrected chi connectivity index (χ1v) is 7.73. The van der Waals surface area contributed by atoms with E-state index in [4.69, 9.17) is 5.11 Å². The smallest absolute Gasteiger partial charge is 0.245 e. The highest BCUT2D eigenvalue weighted by molar-refractivity contribution is 7.10. The highest BCUT2D eigenvalue weighted by Gasteiger charge is 2.25. The number of aliphatic hydroxyl groups excluding tert-OH is 1. The molecule has 2 rings (SSSR count). The number of hydrogen-bond donors (Lipinski definition) is 2. The van der Waals surface area contributed by atoms with Crippen LogP contribution >= 0.6 is 11.3 Å². The van der Waals surface area contributed by atoms with Crippen molar-refractivity contribution in [2.24, 2.45) is 5.92 Å². The van der Waals surface area contributed by atoms with Gasteiger partial charge in [0.25, 0.3) is 0 Å². The molecular weight excluding hydrogens is 260 g/mol. The van der Waals surface area contributed by atoms with E-state index in [2.05, 4.69) is 28.6 Å². The summed E-state index contributed by atoms with van der Waals surface area (Å²) < 4.78 is 0. The van der Waals surface area contributed by atoms with Crippen molar-refractivity contribution in [2.75, 3.05) is 26.2 Å². The van der Waals surface area contributed by atoms with Gasteiger partial charge < -0.3 is 10.4 Å². The van der Waals surface area contributed by atoms with E-state index in [1.165, 1.54) is 17.7 Å². The van der Waals surface area contributed by atoms with E-state index < -0.39 is 6.61 Å².